The van der Waals surface area contributed by atoms with E-state index in [1.807, 2.05) is 26.0 Å². The zero-order valence-electron chi connectivity index (χ0n) is 12.9. The van der Waals surface area contributed by atoms with E-state index >= 15 is 0 Å². The van der Waals surface area contributed by atoms with E-state index in [1.54, 1.807) is 11.0 Å². The Morgan fingerprint density at radius 3 is 2.48 bits per heavy atom. The molecule has 0 bridgehead atoms. The van der Waals surface area contributed by atoms with Crippen LogP contribution in [0.15, 0.2) is 22.7 Å². The minimum atomic E-state index is -0.568. The molecule has 1 aromatic rings. The van der Waals surface area contributed by atoms with Crippen LogP contribution in [0.1, 0.15) is 38.7 Å². The van der Waals surface area contributed by atoms with Gasteiger partial charge in [0.15, 0.2) is 0 Å². The predicted molar refractivity (Wildman–Crippen MR) is 89.3 cm³/mol. The number of rotatable bonds is 6. The normalized spacial score (nSPS) is 10.3. The van der Waals surface area contributed by atoms with Crippen LogP contribution in [-0.2, 0) is 9.59 Å². The van der Waals surface area contributed by atoms with Gasteiger partial charge in [0, 0.05) is 23.2 Å². The fraction of sp³-hybridized carbons (Fsp3) is 0.500. The van der Waals surface area contributed by atoms with Crippen molar-refractivity contribution in [3.63, 3.8) is 0 Å². The standard InChI is InChI=1S/C16H23BrN2O2/c1-4-6-10-19(9-5-2)16(21)15(20)18-13-7-8-14(17)12(3)11-13/h7-8,11H,4-6,9-10H2,1-3H3,(H,18,20). The Morgan fingerprint density at radius 1 is 1.19 bits per heavy atom. The maximum atomic E-state index is 12.2. The van der Waals surface area contributed by atoms with Crippen LogP contribution < -0.4 is 5.32 Å². The number of hydrogen-bond acceptors (Lipinski definition) is 2. The number of amides is 2. The van der Waals surface area contributed by atoms with E-state index < -0.39 is 11.8 Å². The van der Waals surface area contributed by atoms with Gasteiger partial charge >= 0.3 is 11.8 Å². The van der Waals surface area contributed by atoms with Crippen LogP contribution in [0.2, 0.25) is 0 Å². The lowest BCUT2D eigenvalue weighted by Gasteiger charge is -2.21. The van der Waals surface area contributed by atoms with Crippen molar-refractivity contribution in [3.8, 4) is 0 Å². The van der Waals surface area contributed by atoms with Crippen molar-refractivity contribution in [1.82, 2.24) is 4.90 Å². The van der Waals surface area contributed by atoms with Crippen molar-refractivity contribution in [2.24, 2.45) is 0 Å². The molecule has 0 aliphatic rings. The molecular weight excluding hydrogens is 332 g/mol. The van der Waals surface area contributed by atoms with E-state index in [2.05, 4.69) is 28.2 Å². The van der Waals surface area contributed by atoms with Crippen molar-refractivity contribution in [2.75, 3.05) is 18.4 Å². The summed E-state index contributed by atoms with van der Waals surface area (Å²) in [7, 11) is 0. The van der Waals surface area contributed by atoms with Crippen molar-refractivity contribution >= 4 is 33.4 Å². The minimum Gasteiger partial charge on any atom is -0.334 e. The molecule has 4 nitrogen and oxygen atoms in total. The highest BCUT2D eigenvalue weighted by Gasteiger charge is 2.20. The molecule has 0 saturated heterocycles. The first-order chi connectivity index (χ1) is 9.99. The lowest BCUT2D eigenvalue weighted by atomic mass is 10.2. The van der Waals surface area contributed by atoms with Gasteiger partial charge in [0.2, 0.25) is 0 Å². The summed E-state index contributed by atoms with van der Waals surface area (Å²) in [6, 6.07) is 5.47. The molecule has 2 amide bonds. The van der Waals surface area contributed by atoms with Gasteiger partial charge in [-0.1, -0.05) is 36.2 Å². The van der Waals surface area contributed by atoms with Gasteiger partial charge in [-0.3, -0.25) is 9.59 Å². The van der Waals surface area contributed by atoms with Crippen molar-refractivity contribution in [1.29, 1.82) is 0 Å². The molecule has 0 heterocycles. The summed E-state index contributed by atoms with van der Waals surface area (Å²) in [5, 5.41) is 2.67. The van der Waals surface area contributed by atoms with Crippen molar-refractivity contribution in [2.45, 2.75) is 40.0 Å². The Kier molecular flexibility index (Phi) is 7.43. The summed E-state index contributed by atoms with van der Waals surface area (Å²) in [6.45, 7) is 7.26. The second-order valence-corrected chi connectivity index (χ2v) is 5.92. The maximum absolute atomic E-state index is 12.2. The first-order valence-corrected chi connectivity index (χ1v) is 8.15. The Balaban J connectivity index is 2.71. The molecule has 116 valence electrons. The zero-order valence-corrected chi connectivity index (χ0v) is 14.5. The molecule has 0 aromatic heterocycles. The Bertz CT molecular complexity index is 503. The number of aryl methyl sites for hydroxylation is 1. The smallest absolute Gasteiger partial charge is 0.313 e. The Hall–Kier alpha value is -1.36. The average molecular weight is 355 g/mol. The molecule has 5 heteroatoms. The second kappa shape index (κ2) is 8.82. The number of unbranched alkanes of at least 4 members (excludes halogenated alkanes) is 1. The summed E-state index contributed by atoms with van der Waals surface area (Å²) >= 11 is 3.41. The molecule has 0 unspecified atom stereocenters. The van der Waals surface area contributed by atoms with Gasteiger partial charge in [0.25, 0.3) is 0 Å². The van der Waals surface area contributed by atoms with Gasteiger partial charge in [-0.05, 0) is 43.5 Å². The van der Waals surface area contributed by atoms with Crippen LogP contribution in [-0.4, -0.2) is 29.8 Å². The van der Waals surface area contributed by atoms with Crippen molar-refractivity contribution < 1.29 is 9.59 Å². The number of nitrogens with zero attached hydrogens (tertiary/aromatic N) is 1. The molecule has 1 N–H and O–H groups in total. The molecule has 0 spiro atoms. The fourth-order valence-corrected chi connectivity index (χ4v) is 2.23. The van der Waals surface area contributed by atoms with Crippen molar-refractivity contribution in [3.05, 3.63) is 28.2 Å². The lowest BCUT2D eigenvalue weighted by Crippen LogP contribution is -2.40. The highest BCUT2D eigenvalue weighted by atomic mass is 79.9. The average Bonchev–Trinajstić information content (AvgIpc) is 2.46. The van der Waals surface area contributed by atoms with Crippen LogP contribution in [0, 0.1) is 6.92 Å². The van der Waals surface area contributed by atoms with Crippen LogP contribution in [0.5, 0.6) is 0 Å². The van der Waals surface area contributed by atoms with Gasteiger partial charge in [0.1, 0.15) is 0 Å². The lowest BCUT2D eigenvalue weighted by molar-refractivity contribution is -0.143. The number of halogens is 1. The number of anilines is 1. The third kappa shape index (κ3) is 5.50. The molecule has 1 rings (SSSR count). The topological polar surface area (TPSA) is 49.4 Å². The SMILES string of the molecule is CCCCN(CCC)C(=O)C(=O)Nc1ccc(Br)c(C)c1. The molecule has 1 aromatic carbocycles. The highest BCUT2D eigenvalue weighted by Crippen LogP contribution is 2.20. The Labute approximate surface area is 135 Å². The van der Waals surface area contributed by atoms with Crippen LogP contribution in [0.4, 0.5) is 5.69 Å². The first kappa shape index (κ1) is 17.7. The quantitative estimate of drug-likeness (QED) is 0.791. The number of benzene rings is 1. The summed E-state index contributed by atoms with van der Waals surface area (Å²) < 4.78 is 0.974. The molecule has 0 radical (unpaired) electrons. The number of carbonyl (C=O) groups excluding carboxylic acids is 2. The summed E-state index contributed by atoms with van der Waals surface area (Å²) in [4.78, 5) is 25.9. The molecule has 0 saturated carbocycles. The summed E-state index contributed by atoms with van der Waals surface area (Å²) in [5.74, 6) is -1.02. The molecular formula is C16H23BrN2O2. The summed E-state index contributed by atoms with van der Waals surface area (Å²) in [5.41, 5.74) is 1.65. The third-order valence-corrected chi connectivity index (χ3v) is 4.06. The van der Waals surface area contributed by atoms with Gasteiger partial charge < -0.3 is 10.2 Å². The zero-order chi connectivity index (χ0) is 15.8. The first-order valence-electron chi connectivity index (χ1n) is 7.36. The molecule has 0 aliphatic heterocycles. The highest BCUT2D eigenvalue weighted by molar-refractivity contribution is 9.10. The predicted octanol–water partition coefficient (Wildman–Crippen LogP) is 3.73. The number of nitrogens with one attached hydrogen (secondary N) is 1. The molecule has 0 atom stereocenters. The van der Waals surface area contributed by atoms with Crippen LogP contribution >= 0.6 is 15.9 Å². The number of hydrogen-bond donors (Lipinski definition) is 1. The van der Waals surface area contributed by atoms with Crippen LogP contribution in [0.3, 0.4) is 0 Å². The monoisotopic (exact) mass is 354 g/mol. The van der Waals surface area contributed by atoms with E-state index in [0.717, 1.165) is 29.3 Å². The molecule has 0 aliphatic carbocycles. The third-order valence-electron chi connectivity index (χ3n) is 3.17. The number of carbonyl (C=O) groups is 2. The van der Waals surface area contributed by atoms with E-state index in [-0.39, 0.29) is 0 Å². The van der Waals surface area contributed by atoms with E-state index in [0.29, 0.717) is 18.8 Å². The summed E-state index contributed by atoms with van der Waals surface area (Å²) in [6.07, 6.45) is 2.76. The Morgan fingerprint density at radius 2 is 1.90 bits per heavy atom. The van der Waals surface area contributed by atoms with E-state index in [4.69, 9.17) is 0 Å². The minimum absolute atomic E-state index is 0.453. The van der Waals surface area contributed by atoms with Gasteiger partial charge in [-0.2, -0.15) is 0 Å². The van der Waals surface area contributed by atoms with Gasteiger partial charge in [-0.15, -0.1) is 0 Å². The van der Waals surface area contributed by atoms with Crippen LogP contribution in [0.25, 0.3) is 0 Å². The van der Waals surface area contributed by atoms with Gasteiger partial charge in [-0.25, -0.2) is 0 Å². The molecule has 21 heavy (non-hydrogen) atoms. The van der Waals surface area contributed by atoms with Gasteiger partial charge in [0.05, 0.1) is 0 Å². The maximum Gasteiger partial charge on any atom is 0.313 e. The molecule has 0 fully saturated rings. The van der Waals surface area contributed by atoms with E-state index in [9.17, 15) is 9.59 Å². The largest absolute Gasteiger partial charge is 0.334 e. The fourth-order valence-electron chi connectivity index (χ4n) is 1.98. The van der Waals surface area contributed by atoms with E-state index in [1.165, 1.54) is 0 Å². The second-order valence-electron chi connectivity index (χ2n) is 5.06.